The molecule has 0 bridgehead atoms. The number of hydrogen-bond acceptors (Lipinski definition) is 5. The first-order valence-corrected chi connectivity index (χ1v) is 5.99. The summed E-state index contributed by atoms with van der Waals surface area (Å²) in [5, 5.41) is 10.6. The molecule has 2 rings (SSSR count). The van der Waals surface area contributed by atoms with Gasteiger partial charge in [0.25, 0.3) is 5.60 Å². The lowest BCUT2D eigenvalue weighted by atomic mass is 9.50. The number of carbonyl (C=O) groups excluding carboxylic acids is 2. The average Bonchev–Trinajstić information content (AvgIpc) is 2.47. The zero-order valence-corrected chi connectivity index (χ0v) is 11.3. The molecule has 0 spiro atoms. The van der Waals surface area contributed by atoms with Crippen LogP contribution in [0.5, 0.6) is 0 Å². The quantitative estimate of drug-likeness (QED) is 0.451. The molecule has 1 saturated heterocycles. The molecule has 5 heteroatoms. The van der Waals surface area contributed by atoms with Crippen molar-refractivity contribution in [2.24, 2.45) is 5.41 Å². The van der Waals surface area contributed by atoms with Gasteiger partial charge in [-0.15, -0.1) is 0 Å². The molecule has 0 saturated carbocycles. The molecule has 0 unspecified atom stereocenters. The Kier molecular flexibility index (Phi) is 2.43. The van der Waals surface area contributed by atoms with Crippen molar-refractivity contribution in [3.05, 3.63) is 11.1 Å². The smallest absolute Gasteiger partial charge is 0.352 e. The Balaban J connectivity index is 2.57. The average molecular weight is 254 g/mol. The van der Waals surface area contributed by atoms with E-state index in [1.54, 1.807) is 27.7 Å². The van der Waals surface area contributed by atoms with Crippen LogP contribution in [0.2, 0.25) is 0 Å². The highest BCUT2D eigenvalue weighted by molar-refractivity contribution is 6.08. The molecular weight excluding hydrogens is 236 g/mol. The van der Waals surface area contributed by atoms with E-state index in [1.165, 1.54) is 0 Å². The number of esters is 2. The predicted molar refractivity (Wildman–Crippen MR) is 62.6 cm³/mol. The summed E-state index contributed by atoms with van der Waals surface area (Å²) < 4.78 is 10.1. The van der Waals surface area contributed by atoms with Crippen molar-refractivity contribution in [1.82, 2.24) is 0 Å². The Labute approximate surface area is 106 Å². The summed E-state index contributed by atoms with van der Waals surface area (Å²) in [5.74, 6) is -1.87. The summed E-state index contributed by atoms with van der Waals surface area (Å²) in [5.41, 5.74) is -2.57. The minimum Gasteiger partial charge on any atom is -0.463 e. The highest BCUT2D eigenvalue weighted by atomic mass is 16.6. The standard InChI is InChI=1S/C13H18O5/c1-6-17-9(14)13(16)10(15)18-12(5)8(3)7(2)11(12,13)4/h16H,6H2,1-5H3/t11-,12+,13-/m1/s1. The van der Waals surface area contributed by atoms with Gasteiger partial charge < -0.3 is 14.6 Å². The zero-order chi connectivity index (χ0) is 13.9. The molecule has 100 valence electrons. The van der Waals surface area contributed by atoms with Gasteiger partial charge in [0.1, 0.15) is 5.60 Å². The fraction of sp³-hybridized carbons (Fsp3) is 0.692. The van der Waals surface area contributed by atoms with Crippen molar-refractivity contribution in [1.29, 1.82) is 0 Å². The second-order valence-corrected chi connectivity index (χ2v) is 5.23. The largest absolute Gasteiger partial charge is 0.463 e. The molecule has 3 atom stereocenters. The maximum absolute atomic E-state index is 12.0. The van der Waals surface area contributed by atoms with Crippen LogP contribution in [-0.4, -0.2) is 34.9 Å². The Morgan fingerprint density at radius 3 is 2.39 bits per heavy atom. The van der Waals surface area contributed by atoms with Crippen LogP contribution in [0.25, 0.3) is 0 Å². The lowest BCUT2D eigenvalue weighted by Crippen LogP contribution is -2.65. The highest BCUT2D eigenvalue weighted by Crippen LogP contribution is 2.65. The van der Waals surface area contributed by atoms with E-state index < -0.39 is 28.6 Å². The van der Waals surface area contributed by atoms with E-state index in [9.17, 15) is 14.7 Å². The third-order valence-corrected chi connectivity index (χ3v) is 4.87. The molecule has 2 aliphatic rings. The SMILES string of the molecule is CCOC(=O)[C@@]1(O)C(=O)O[C@@]2(C)C(C)=C(C)[C@@]12C. The summed E-state index contributed by atoms with van der Waals surface area (Å²) in [6.45, 7) is 8.73. The number of ether oxygens (including phenoxy) is 2. The highest BCUT2D eigenvalue weighted by Gasteiger charge is 2.80. The summed E-state index contributed by atoms with van der Waals surface area (Å²) in [6, 6.07) is 0. The molecule has 0 aromatic carbocycles. The van der Waals surface area contributed by atoms with Gasteiger partial charge in [0.2, 0.25) is 0 Å². The molecule has 0 radical (unpaired) electrons. The zero-order valence-electron chi connectivity index (χ0n) is 11.3. The molecule has 5 nitrogen and oxygen atoms in total. The van der Waals surface area contributed by atoms with E-state index >= 15 is 0 Å². The normalized spacial score (nSPS) is 42.2. The maximum Gasteiger partial charge on any atom is 0.352 e. The van der Waals surface area contributed by atoms with Crippen LogP contribution in [0.4, 0.5) is 0 Å². The molecule has 18 heavy (non-hydrogen) atoms. The summed E-state index contributed by atoms with van der Waals surface area (Å²) in [7, 11) is 0. The van der Waals surface area contributed by atoms with E-state index in [4.69, 9.17) is 9.47 Å². The molecule has 0 aromatic heterocycles. The van der Waals surface area contributed by atoms with Crippen molar-refractivity contribution >= 4 is 11.9 Å². The van der Waals surface area contributed by atoms with Crippen LogP contribution in [0.3, 0.4) is 0 Å². The Bertz CT molecular complexity index is 480. The molecule has 1 aliphatic carbocycles. The van der Waals surface area contributed by atoms with Crippen molar-refractivity contribution in [3.8, 4) is 0 Å². The number of carbonyl (C=O) groups is 2. The van der Waals surface area contributed by atoms with Gasteiger partial charge in [0.05, 0.1) is 12.0 Å². The second-order valence-electron chi connectivity index (χ2n) is 5.23. The molecule has 1 aliphatic heterocycles. The van der Waals surface area contributed by atoms with Crippen LogP contribution in [0.15, 0.2) is 11.1 Å². The molecule has 1 N–H and O–H groups in total. The Morgan fingerprint density at radius 2 is 1.89 bits per heavy atom. The van der Waals surface area contributed by atoms with Gasteiger partial charge in [0, 0.05) is 0 Å². The lowest BCUT2D eigenvalue weighted by Gasteiger charge is -2.53. The van der Waals surface area contributed by atoms with Crippen LogP contribution >= 0.6 is 0 Å². The monoisotopic (exact) mass is 254 g/mol. The topological polar surface area (TPSA) is 72.8 Å². The van der Waals surface area contributed by atoms with E-state index in [0.29, 0.717) is 0 Å². The summed E-state index contributed by atoms with van der Waals surface area (Å²) >= 11 is 0. The molecule has 0 aromatic rings. The van der Waals surface area contributed by atoms with Gasteiger partial charge in [-0.25, -0.2) is 9.59 Å². The van der Waals surface area contributed by atoms with E-state index in [2.05, 4.69) is 0 Å². The summed E-state index contributed by atoms with van der Waals surface area (Å²) in [6.07, 6.45) is 0. The van der Waals surface area contributed by atoms with Crippen LogP contribution < -0.4 is 0 Å². The Morgan fingerprint density at radius 1 is 1.33 bits per heavy atom. The molecule has 1 heterocycles. The predicted octanol–water partition coefficient (Wildman–Crippen LogP) is 0.952. The first kappa shape index (κ1) is 13.1. The van der Waals surface area contributed by atoms with Gasteiger partial charge in [-0.2, -0.15) is 0 Å². The summed E-state index contributed by atoms with van der Waals surface area (Å²) in [4.78, 5) is 23.9. The van der Waals surface area contributed by atoms with Gasteiger partial charge in [-0.1, -0.05) is 5.57 Å². The molecular formula is C13H18O5. The van der Waals surface area contributed by atoms with Crippen molar-refractivity contribution in [3.63, 3.8) is 0 Å². The van der Waals surface area contributed by atoms with Gasteiger partial charge in [0.15, 0.2) is 0 Å². The van der Waals surface area contributed by atoms with Crippen LogP contribution in [-0.2, 0) is 19.1 Å². The van der Waals surface area contributed by atoms with Crippen molar-refractivity contribution < 1.29 is 24.2 Å². The van der Waals surface area contributed by atoms with Gasteiger partial charge in [-0.3, -0.25) is 0 Å². The minimum absolute atomic E-state index is 0.100. The molecule has 1 fully saturated rings. The lowest BCUT2D eigenvalue weighted by molar-refractivity contribution is -0.180. The van der Waals surface area contributed by atoms with Crippen LogP contribution in [0.1, 0.15) is 34.6 Å². The van der Waals surface area contributed by atoms with Gasteiger partial charge >= 0.3 is 11.9 Å². The minimum atomic E-state index is -2.25. The van der Waals surface area contributed by atoms with Gasteiger partial charge in [-0.05, 0) is 40.2 Å². The number of fused-ring (bicyclic) bond motifs is 1. The fourth-order valence-corrected chi connectivity index (χ4v) is 3.18. The fourth-order valence-electron chi connectivity index (χ4n) is 3.18. The number of rotatable bonds is 2. The number of aliphatic hydroxyl groups is 1. The van der Waals surface area contributed by atoms with E-state index in [0.717, 1.165) is 11.1 Å². The van der Waals surface area contributed by atoms with E-state index in [-0.39, 0.29) is 6.61 Å². The number of hydrogen-bond donors (Lipinski definition) is 1. The first-order chi connectivity index (χ1) is 8.17. The van der Waals surface area contributed by atoms with Crippen LogP contribution in [0, 0.1) is 5.41 Å². The third-order valence-electron chi connectivity index (χ3n) is 4.87. The van der Waals surface area contributed by atoms with E-state index in [1.807, 2.05) is 6.92 Å². The maximum atomic E-state index is 12.0. The van der Waals surface area contributed by atoms with Crippen molar-refractivity contribution in [2.45, 2.75) is 45.8 Å². The Hall–Kier alpha value is -1.36. The first-order valence-electron chi connectivity index (χ1n) is 5.99. The third kappa shape index (κ3) is 0.983. The molecule has 0 amide bonds. The van der Waals surface area contributed by atoms with Crippen molar-refractivity contribution in [2.75, 3.05) is 6.61 Å². The second kappa shape index (κ2) is 3.35.